The Morgan fingerprint density at radius 1 is 1.47 bits per heavy atom. The summed E-state index contributed by atoms with van der Waals surface area (Å²) in [6.07, 6.45) is 0. The summed E-state index contributed by atoms with van der Waals surface area (Å²) in [6, 6.07) is 6.43. The predicted molar refractivity (Wildman–Crippen MR) is 59.7 cm³/mol. The predicted octanol–water partition coefficient (Wildman–Crippen LogP) is 1.55. The Balaban J connectivity index is 2.39. The molecule has 3 nitrogen and oxygen atoms in total. The highest BCUT2D eigenvalue weighted by molar-refractivity contribution is 5.98. The second-order valence-electron chi connectivity index (χ2n) is 4.09. The quantitative estimate of drug-likeness (QED) is 0.792. The lowest BCUT2D eigenvalue weighted by atomic mass is 10.0. The maximum Gasteiger partial charge on any atom is 0.254 e. The van der Waals surface area contributed by atoms with Gasteiger partial charge in [0.05, 0.1) is 0 Å². The number of nitrogens with zero attached hydrogens (tertiary/aromatic N) is 1. The zero-order valence-electron chi connectivity index (χ0n) is 9.37. The van der Waals surface area contributed by atoms with E-state index in [-0.39, 0.29) is 11.9 Å². The van der Waals surface area contributed by atoms with E-state index >= 15 is 0 Å². The summed E-state index contributed by atoms with van der Waals surface area (Å²) in [5.41, 5.74) is 3.16. The zero-order chi connectivity index (χ0) is 11.0. The van der Waals surface area contributed by atoms with Crippen LogP contribution in [0.2, 0.25) is 0 Å². The Hall–Kier alpha value is -1.35. The normalized spacial score (nSPS) is 16.7. The van der Waals surface area contributed by atoms with E-state index in [0.717, 1.165) is 17.7 Å². The van der Waals surface area contributed by atoms with Crippen LogP contribution in [0.25, 0.3) is 0 Å². The van der Waals surface area contributed by atoms with E-state index in [4.69, 9.17) is 0 Å². The number of amides is 1. The first-order chi connectivity index (χ1) is 7.13. The van der Waals surface area contributed by atoms with Crippen LogP contribution in [0.3, 0.4) is 0 Å². The third-order valence-electron chi connectivity index (χ3n) is 3.05. The van der Waals surface area contributed by atoms with Gasteiger partial charge < -0.3 is 10.2 Å². The van der Waals surface area contributed by atoms with Crippen LogP contribution in [-0.2, 0) is 6.54 Å². The maximum atomic E-state index is 11.8. The van der Waals surface area contributed by atoms with Gasteiger partial charge >= 0.3 is 0 Å². The molecule has 80 valence electrons. The van der Waals surface area contributed by atoms with Crippen molar-refractivity contribution < 1.29 is 4.79 Å². The Labute approximate surface area is 90.1 Å². The van der Waals surface area contributed by atoms with Gasteiger partial charge in [0, 0.05) is 25.2 Å². The molecule has 0 aliphatic carbocycles. The number of carbonyl (C=O) groups excluding carboxylic acids is 1. The molecular formula is C12H16N2O. The molecule has 1 N–H and O–H groups in total. The summed E-state index contributed by atoms with van der Waals surface area (Å²) in [5, 5.41) is 3.17. The third kappa shape index (κ3) is 1.63. The molecule has 2 rings (SSSR count). The van der Waals surface area contributed by atoms with Crippen molar-refractivity contribution in [3.8, 4) is 0 Å². The highest BCUT2D eigenvalue weighted by Gasteiger charge is 2.24. The lowest BCUT2D eigenvalue weighted by Crippen LogP contribution is -2.18. The maximum absolute atomic E-state index is 11.8. The van der Waals surface area contributed by atoms with E-state index in [1.807, 2.05) is 20.2 Å². The molecule has 0 fully saturated rings. The first kappa shape index (κ1) is 10.2. The average molecular weight is 204 g/mol. The lowest BCUT2D eigenvalue weighted by molar-refractivity contribution is 0.0816. The number of hydrogen-bond donors (Lipinski definition) is 1. The van der Waals surface area contributed by atoms with Gasteiger partial charge in [-0.25, -0.2) is 0 Å². The van der Waals surface area contributed by atoms with E-state index in [2.05, 4.69) is 24.4 Å². The largest absolute Gasteiger partial charge is 0.337 e. The van der Waals surface area contributed by atoms with Gasteiger partial charge in [0.2, 0.25) is 0 Å². The van der Waals surface area contributed by atoms with Crippen LogP contribution in [0.4, 0.5) is 0 Å². The summed E-state index contributed by atoms with van der Waals surface area (Å²) < 4.78 is 0. The third-order valence-corrected chi connectivity index (χ3v) is 3.05. The van der Waals surface area contributed by atoms with Crippen LogP contribution in [0.5, 0.6) is 0 Å². The van der Waals surface area contributed by atoms with E-state index in [9.17, 15) is 4.79 Å². The fraction of sp³-hybridized carbons (Fsp3) is 0.417. The van der Waals surface area contributed by atoms with Crippen molar-refractivity contribution in [2.75, 3.05) is 14.1 Å². The van der Waals surface area contributed by atoms with Gasteiger partial charge in [0.1, 0.15) is 0 Å². The van der Waals surface area contributed by atoms with Gasteiger partial charge in [-0.3, -0.25) is 4.79 Å². The van der Waals surface area contributed by atoms with Crippen molar-refractivity contribution in [1.82, 2.24) is 10.2 Å². The van der Waals surface area contributed by atoms with E-state index in [1.165, 1.54) is 5.56 Å². The molecule has 1 aliphatic rings. The fourth-order valence-electron chi connectivity index (χ4n) is 1.90. The highest BCUT2D eigenvalue weighted by Crippen LogP contribution is 2.24. The van der Waals surface area contributed by atoms with Crippen LogP contribution in [0, 0.1) is 0 Å². The van der Waals surface area contributed by atoms with Gasteiger partial charge in [0.15, 0.2) is 0 Å². The summed E-state index contributed by atoms with van der Waals surface area (Å²) in [7, 11) is 3.76. The Kier molecular flexibility index (Phi) is 2.49. The lowest BCUT2D eigenvalue weighted by Gasteiger charge is -2.11. The van der Waals surface area contributed by atoms with Gasteiger partial charge in [-0.15, -0.1) is 0 Å². The van der Waals surface area contributed by atoms with Gasteiger partial charge in [-0.05, 0) is 31.2 Å². The van der Waals surface area contributed by atoms with Crippen molar-refractivity contribution in [3.63, 3.8) is 0 Å². The molecule has 0 radical (unpaired) electrons. The molecule has 1 atom stereocenters. The molecule has 0 bridgehead atoms. The van der Waals surface area contributed by atoms with E-state index in [1.54, 1.807) is 4.90 Å². The number of fused-ring (bicyclic) bond motifs is 1. The van der Waals surface area contributed by atoms with Gasteiger partial charge in [-0.1, -0.05) is 12.1 Å². The van der Waals surface area contributed by atoms with Crippen molar-refractivity contribution in [3.05, 3.63) is 34.9 Å². The molecule has 3 heteroatoms. The molecule has 1 heterocycles. The van der Waals surface area contributed by atoms with Crippen LogP contribution in [-0.4, -0.2) is 24.9 Å². The average Bonchev–Trinajstić information content (AvgIpc) is 2.54. The van der Waals surface area contributed by atoms with E-state index in [0.29, 0.717) is 0 Å². The number of hydrogen-bond acceptors (Lipinski definition) is 2. The Morgan fingerprint density at radius 2 is 2.20 bits per heavy atom. The van der Waals surface area contributed by atoms with Crippen molar-refractivity contribution in [2.45, 2.75) is 19.5 Å². The molecule has 0 aromatic heterocycles. The molecule has 15 heavy (non-hydrogen) atoms. The van der Waals surface area contributed by atoms with Gasteiger partial charge in [-0.2, -0.15) is 0 Å². The summed E-state index contributed by atoms with van der Waals surface area (Å²) in [6.45, 7) is 2.83. The summed E-state index contributed by atoms with van der Waals surface area (Å²) in [4.78, 5) is 13.5. The fourth-order valence-corrected chi connectivity index (χ4v) is 1.90. The SMILES string of the molecule is CNC(C)c1ccc2c(c1)C(=O)N(C)C2. The number of carbonyl (C=O) groups is 1. The first-order valence-electron chi connectivity index (χ1n) is 5.19. The van der Waals surface area contributed by atoms with Crippen LogP contribution >= 0.6 is 0 Å². The molecule has 0 spiro atoms. The molecule has 1 unspecified atom stereocenters. The number of benzene rings is 1. The van der Waals surface area contributed by atoms with Crippen molar-refractivity contribution in [1.29, 1.82) is 0 Å². The minimum atomic E-state index is 0.134. The standard InChI is InChI=1S/C12H16N2O/c1-8(13-2)9-4-5-10-7-14(3)12(15)11(10)6-9/h4-6,8,13H,7H2,1-3H3. The second kappa shape index (κ2) is 3.66. The molecular weight excluding hydrogens is 188 g/mol. The van der Waals surface area contributed by atoms with Crippen LogP contribution in [0.1, 0.15) is 34.5 Å². The monoisotopic (exact) mass is 204 g/mol. The summed E-state index contributed by atoms with van der Waals surface area (Å²) in [5.74, 6) is 0.134. The van der Waals surface area contributed by atoms with Crippen LogP contribution in [0.15, 0.2) is 18.2 Å². The number of rotatable bonds is 2. The minimum absolute atomic E-state index is 0.134. The van der Waals surface area contributed by atoms with Crippen molar-refractivity contribution in [2.24, 2.45) is 0 Å². The minimum Gasteiger partial charge on any atom is -0.337 e. The second-order valence-corrected chi connectivity index (χ2v) is 4.09. The van der Waals surface area contributed by atoms with Crippen LogP contribution < -0.4 is 5.32 Å². The topological polar surface area (TPSA) is 32.3 Å². The molecule has 0 saturated heterocycles. The highest BCUT2D eigenvalue weighted by atomic mass is 16.2. The summed E-state index contributed by atoms with van der Waals surface area (Å²) >= 11 is 0. The first-order valence-corrected chi connectivity index (χ1v) is 5.19. The number of nitrogens with one attached hydrogen (secondary N) is 1. The molecule has 1 aromatic rings. The van der Waals surface area contributed by atoms with Crippen molar-refractivity contribution >= 4 is 5.91 Å². The smallest absolute Gasteiger partial charge is 0.254 e. The van der Waals surface area contributed by atoms with E-state index < -0.39 is 0 Å². The molecule has 0 saturated carbocycles. The Morgan fingerprint density at radius 3 is 2.87 bits per heavy atom. The Bertz CT molecular complexity index is 401. The molecule has 1 aliphatic heterocycles. The molecule has 1 aromatic carbocycles. The van der Waals surface area contributed by atoms with Gasteiger partial charge in [0.25, 0.3) is 5.91 Å². The zero-order valence-corrected chi connectivity index (χ0v) is 9.37. The molecule has 1 amide bonds.